The molecule has 0 saturated heterocycles. The van der Waals surface area contributed by atoms with Crippen LogP contribution < -0.4 is 5.73 Å². The molecule has 4 heteroatoms. The number of rotatable bonds is 2. The van der Waals surface area contributed by atoms with Crippen molar-refractivity contribution in [2.45, 2.75) is 25.2 Å². The maximum atomic E-state index is 11.1. The van der Waals surface area contributed by atoms with Crippen LogP contribution >= 0.6 is 0 Å². The van der Waals surface area contributed by atoms with E-state index in [4.69, 9.17) is 5.73 Å². The van der Waals surface area contributed by atoms with Crippen LogP contribution in [0, 0.1) is 17.8 Å². The first-order valence-corrected chi connectivity index (χ1v) is 5.64. The number of carbonyl (C=O) groups excluding carboxylic acids is 1. The zero-order chi connectivity index (χ0) is 10.2. The molecule has 1 heterocycles. The van der Waals surface area contributed by atoms with E-state index in [1.807, 2.05) is 0 Å². The predicted octanol–water partition coefficient (Wildman–Crippen LogP) is 0.804. The minimum absolute atomic E-state index is 0.368. The number of H-pyrrole nitrogens is 1. The summed E-state index contributed by atoms with van der Waals surface area (Å²) in [5, 5.41) is 7.06. The SMILES string of the molecule is NC(=O)c1[nH]nc2c1CC1C2C1C1CC1. The Hall–Kier alpha value is -1.32. The molecule has 3 N–H and O–H groups in total. The van der Waals surface area contributed by atoms with Crippen molar-refractivity contribution in [2.75, 3.05) is 0 Å². The molecule has 2 fully saturated rings. The highest BCUT2D eigenvalue weighted by molar-refractivity contribution is 5.93. The van der Waals surface area contributed by atoms with E-state index in [1.54, 1.807) is 0 Å². The Balaban J connectivity index is 1.71. The van der Waals surface area contributed by atoms with Gasteiger partial charge >= 0.3 is 0 Å². The highest BCUT2D eigenvalue weighted by atomic mass is 16.1. The molecule has 3 aliphatic carbocycles. The molecule has 78 valence electrons. The molecule has 4 rings (SSSR count). The van der Waals surface area contributed by atoms with Crippen molar-refractivity contribution in [1.82, 2.24) is 10.2 Å². The zero-order valence-electron chi connectivity index (χ0n) is 8.36. The second-order valence-corrected chi connectivity index (χ2v) is 5.14. The standard InChI is InChI=1S/C11H13N3O/c12-11(15)10-6-3-5-7(4-1-2-4)8(5)9(6)13-14-10/h4-5,7-8H,1-3H2,(H2,12,15)(H,13,14). The van der Waals surface area contributed by atoms with Crippen LogP contribution in [-0.2, 0) is 6.42 Å². The Morgan fingerprint density at radius 1 is 1.47 bits per heavy atom. The third kappa shape index (κ3) is 0.874. The molecule has 0 bridgehead atoms. The van der Waals surface area contributed by atoms with Crippen LogP contribution in [0.5, 0.6) is 0 Å². The van der Waals surface area contributed by atoms with E-state index >= 15 is 0 Å². The quantitative estimate of drug-likeness (QED) is 0.746. The molecule has 1 aromatic heterocycles. The molecular weight excluding hydrogens is 190 g/mol. The summed E-state index contributed by atoms with van der Waals surface area (Å²) in [6, 6.07) is 0. The number of carbonyl (C=O) groups is 1. The van der Waals surface area contributed by atoms with Crippen LogP contribution in [0.1, 0.15) is 40.5 Å². The van der Waals surface area contributed by atoms with E-state index in [2.05, 4.69) is 10.2 Å². The van der Waals surface area contributed by atoms with Crippen LogP contribution in [0.2, 0.25) is 0 Å². The van der Waals surface area contributed by atoms with Crippen molar-refractivity contribution < 1.29 is 4.79 Å². The molecule has 3 atom stereocenters. The Bertz CT molecular complexity index is 460. The maximum absolute atomic E-state index is 11.1. The van der Waals surface area contributed by atoms with Gasteiger partial charge in [-0.2, -0.15) is 5.10 Å². The summed E-state index contributed by atoms with van der Waals surface area (Å²) in [6.07, 6.45) is 3.83. The fourth-order valence-corrected chi connectivity index (χ4v) is 3.47. The monoisotopic (exact) mass is 203 g/mol. The lowest BCUT2D eigenvalue weighted by molar-refractivity contribution is 0.0994. The lowest BCUT2D eigenvalue weighted by Crippen LogP contribution is -2.14. The molecule has 2 saturated carbocycles. The van der Waals surface area contributed by atoms with Crippen LogP contribution in [0.25, 0.3) is 0 Å². The number of primary amides is 1. The number of nitrogens with two attached hydrogens (primary N) is 1. The molecule has 0 aromatic carbocycles. The maximum Gasteiger partial charge on any atom is 0.267 e. The number of aromatic nitrogens is 2. The predicted molar refractivity (Wildman–Crippen MR) is 53.3 cm³/mol. The van der Waals surface area contributed by atoms with Crippen molar-refractivity contribution in [3.63, 3.8) is 0 Å². The van der Waals surface area contributed by atoms with E-state index in [0.29, 0.717) is 11.6 Å². The summed E-state index contributed by atoms with van der Waals surface area (Å²) in [6.45, 7) is 0. The number of nitrogens with zero attached hydrogens (tertiary/aromatic N) is 1. The third-order valence-electron chi connectivity index (χ3n) is 4.30. The van der Waals surface area contributed by atoms with Crippen LogP contribution in [-0.4, -0.2) is 16.1 Å². The van der Waals surface area contributed by atoms with Crippen LogP contribution in [0.3, 0.4) is 0 Å². The van der Waals surface area contributed by atoms with Gasteiger partial charge in [-0.1, -0.05) is 0 Å². The Morgan fingerprint density at radius 3 is 2.93 bits per heavy atom. The first-order chi connectivity index (χ1) is 7.27. The largest absolute Gasteiger partial charge is 0.364 e. The Morgan fingerprint density at radius 2 is 2.27 bits per heavy atom. The molecule has 3 unspecified atom stereocenters. The van der Waals surface area contributed by atoms with Gasteiger partial charge in [0.25, 0.3) is 5.91 Å². The van der Waals surface area contributed by atoms with Gasteiger partial charge in [0, 0.05) is 11.5 Å². The highest BCUT2D eigenvalue weighted by Gasteiger charge is 2.62. The van der Waals surface area contributed by atoms with Crippen LogP contribution in [0.4, 0.5) is 0 Å². The Labute approximate surface area is 87.2 Å². The first-order valence-electron chi connectivity index (χ1n) is 5.64. The van der Waals surface area contributed by atoms with E-state index in [9.17, 15) is 4.79 Å². The second kappa shape index (κ2) is 2.26. The van der Waals surface area contributed by atoms with Gasteiger partial charge in [-0.05, 0) is 37.0 Å². The fraction of sp³-hybridized carbons (Fsp3) is 0.636. The van der Waals surface area contributed by atoms with Gasteiger partial charge in [-0.3, -0.25) is 9.89 Å². The van der Waals surface area contributed by atoms with Gasteiger partial charge in [0.05, 0.1) is 5.69 Å². The molecular formula is C11H13N3O. The van der Waals surface area contributed by atoms with Gasteiger partial charge in [0.2, 0.25) is 0 Å². The average molecular weight is 203 g/mol. The minimum atomic E-state index is -0.368. The summed E-state index contributed by atoms with van der Waals surface area (Å²) in [4.78, 5) is 11.1. The summed E-state index contributed by atoms with van der Waals surface area (Å²) >= 11 is 0. The fourth-order valence-electron chi connectivity index (χ4n) is 3.47. The lowest BCUT2D eigenvalue weighted by Gasteiger charge is -2.00. The molecule has 1 amide bonds. The number of aromatic amines is 1. The summed E-state index contributed by atoms with van der Waals surface area (Å²) in [5.41, 5.74) is 8.09. The zero-order valence-corrected chi connectivity index (χ0v) is 8.36. The number of hydrogen-bond donors (Lipinski definition) is 2. The summed E-state index contributed by atoms with van der Waals surface area (Å²) < 4.78 is 0. The number of fused-ring (bicyclic) bond motifs is 3. The van der Waals surface area contributed by atoms with Crippen molar-refractivity contribution in [2.24, 2.45) is 23.5 Å². The number of hydrogen-bond acceptors (Lipinski definition) is 2. The topological polar surface area (TPSA) is 71.8 Å². The smallest absolute Gasteiger partial charge is 0.267 e. The normalized spacial score (nSPS) is 36.1. The average Bonchev–Trinajstić information content (AvgIpc) is 3.03. The van der Waals surface area contributed by atoms with Gasteiger partial charge < -0.3 is 5.73 Å². The molecule has 3 aliphatic rings. The van der Waals surface area contributed by atoms with Gasteiger partial charge in [0.15, 0.2) is 0 Å². The minimum Gasteiger partial charge on any atom is -0.364 e. The van der Waals surface area contributed by atoms with E-state index in [-0.39, 0.29) is 5.91 Å². The molecule has 0 spiro atoms. The van der Waals surface area contributed by atoms with Gasteiger partial charge in [-0.15, -0.1) is 0 Å². The van der Waals surface area contributed by atoms with Crippen molar-refractivity contribution in [3.05, 3.63) is 17.0 Å². The molecule has 1 aromatic rings. The van der Waals surface area contributed by atoms with E-state index in [0.717, 1.165) is 35.4 Å². The molecule has 0 radical (unpaired) electrons. The van der Waals surface area contributed by atoms with Gasteiger partial charge in [0.1, 0.15) is 5.69 Å². The van der Waals surface area contributed by atoms with Crippen molar-refractivity contribution >= 4 is 5.91 Å². The van der Waals surface area contributed by atoms with Crippen molar-refractivity contribution in [1.29, 1.82) is 0 Å². The van der Waals surface area contributed by atoms with Crippen molar-refractivity contribution in [3.8, 4) is 0 Å². The van der Waals surface area contributed by atoms with Crippen LogP contribution in [0.15, 0.2) is 0 Å². The van der Waals surface area contributed by atoms with Gasteiger partial charge in [-0.25, -0.2) is 0 Å². The number of amides is 1. The molecule has 4 nitrogen and oxygen atoms in total. The third-order valence-corrected chi connectivity index (χ3v) is 4.30. The second-order valence-electron chi connectivity index (χ2n) is 5.14. The first kappa shape index (κ1) is 7.91. The van der Waals surface area contributed by atoms with E-state index < -0.39 is 0 Å². The summed E-state index contributed by atoms with van der Waals surface area (Å²) in [7, 11) is 0. The lowest BCUT2D eigenvalue weighted by atomic mass is 10.0. The molecule has 15 heavy (non-hydrogen) atoms. The number of nitrogens with one attached hydrogen (secondary N) is 1. The Kier molecular flexibility index (Phi) is 1.19. The molecule has 0 aliphatic heterocycles. The summed E-state index contributed by atoms with van der Waals surface area (Å²) in [5.74, 6) is 2.90. The highest BCUT2D eigenvalue weighted by Crippen LogP contribution is 2.68. The van der Waals surface area contributed by atoms with E-state index in [1.165, 1.54) is 12.8 Å².